The van der Waals surface area contributed by atoms with Crippen LogP contribution in [0.3, 0.4) is 0 Å². The summed E-state index contributed by atoms with van der Waals surface area (Å²) in [6.07, 6.45) is 5.07. The molecule has 0 saturated heterocycles. The molecule has 0 aliphatic rings. The first-order chi connectivity index (χ1) is 8.15. The van der Waals surface area contributed by atoms with Gasteiger partial charge in [-0.1, -0.05) is 0 Å². The standard InChI is InChI=1S/C12H11FN4/c1-17-6-7(4-16-17)8-2-9-11(14)5-15-12(9)3-10(8)13/h2-6,15H,14H2,1H3. The summed E-state index contributed by atoms with van der Waals surface area (Å²) < 4.78 is 15.6. The summed E-state index contributed by atoms with van der Waals surface area (Å²) in [4.78, 5) is 2.93. The average Bonchev–Trinajstić information content (AvgIpc) is 2.85. The molecule has 0 saturated carbocycles. The maximum atomic E-state index is 13.9. The number of nitrogens with one attached hydrogen (secondary N) is 1. The van der Waals surface area contributed by atoms with Crippen LogP contribution in [0.4, 0.5) is 10.1 Å². The predicted molar refractivity (Wildman–Crippen MR) is 64.9 cm³/mol. The van der Waals surface area contributed by atoms with Gasteiger partial charge in [0.05, 0.1) is 17.4 Å². The van der Waals surface area contributed by atoms with Crippen LogP contribution in [0.15, 0.2) is 30.7 Å². The number of nitrogen functional groups attached to an aromatic ring is 1. The molecule has 0 atom stereocenters. The SMILES string of the molecule is Cn1cc(-c2cc3c(N)c[nH]c3cc2F)cn1. The molecule has 3 N–H and O–H groups in total. The zero-order valence-electron chi connectivity index (χ0n) is 9.24. The van der Waals surface area contributed by atoms with E-state index in [1.54, 1.807) is 36.4 Å². The van der Waals surface area contributed by atoms with E-state index in [1.807, 2.05) is 0 Å². The third-order valence-corrected chi connectivity index (χ3v) is 2.82. The molecule has 0 amide bonds. The van der Waals surface area contributed by atoms with E-state index in [9.17, 15) is 4.39 Å². The van der Waals surface area contributed by atoms with E-state index >= 15 is 0 Å². The fourth-order valence-corrected chi connectivity index (χ4v) is 1.95. The Labute approximate surface area is 96.9 Å². The Hall–Kier alpha value is -2.30. The number of fused-ring (bicyclic) bond motifs is 1. The Morgan fingerprint density at radius 1 is 1.41 bits per heavy atom. The summed E-state index contributed by atoms with van der Waals surface area (Å²) in [6, 6.07) is 3.20. The quantitative estimate of drug-likeness (QED) is 0.673. The molecule has 0 spiro atoms. The molecule has 4 nitrogen and oxygen atoms in total. The van der Waals surface area contributed by atoms with Gasteiger partial charge in [0.2, 0.25) is 0 Å². The van der Waals surface area contributed by atoms with Crippen molar-refractivity contribution < 1.29 is 4.39 Å². The van der Waals surface area contributed by atoms with Crippen molar-refractivity contribution in [2.75, 3.05) is 5.73 Å². The minimum Gasteiger partial charge on any atom is -0.397 e. The largest absolute Gasteiger partial charge is 0.397 e. The van der Waals surface area contributed by atoms with Crippen molar-refractivity contribution in [1.82, 2.24) is 14.8 Å². The van der Waals surface area contributed by atoms with Gasteiger partial charge in [-0.05, 0) is 12.1 Å². The van der Waals surface area contributed by atoms with Gasteiger partial charge >= 0.3 is 0 Å². The summed E-state index contributed by atoms with van der Waals surface area (Å²) in [7, 11) is 1.80. The topological polar surface area (TPSA) is 59.6 Å². The van der Waals surface area contributed by atoms with E-state index in [0.717, 1.165) is 10.9 Å². The second-order valence-electron chi connectivity index (χ2n) is 4.02. The Morgan fingerprint density at radius 2 is 2.24 bits per heavy atom. The highest BCUT2D eigenvalue weighted by Gasteiger charge is 2.11. The van der Waals surface area contributed by atoms with Gasteiger partial charge in [0.15, 0.2) is 0 Å². The number of hydrogen-bond donors (Lipinski definition) is 2. The molecule has 17 heavy (non-hydrogen) atoms. The second-order valence-corrected chi connectivity index (χ2v) is 4.02. The second kappa shape index (κ2) is 3.35. The van der Waals surface area contributed by atoms with Crippen molar-refractivity contribution >= 4 is 16.6 Å². The highest BCUT2D eigenvalue weighted by Crippen LogP contribution is 2.29. The third kappa shape index (κ3) is 1.47. The van der Waals surface area contributed by atoms with Gasteiger partial charge in [0, 0.05) is 36.0 Å². The van der Waals surface area contributed by atoms with Crippen LogP contribution in [0.1, 0.15) is 0 Å². The van der Waals surface area contributed by atoms with E-state index in [2.05, 4.69) is 10.1 Å². The van der Waals surface area contributed by atoms with Crippen molar-refractivity contribution in [3.63, 3.8) is 0 Å². The van der Waals surface area contributed by atoms with E-state index in [4.69, 9.17) is 5.73 Å². The van der Waals surface area contributed by atoms with Crippen LogP contribution >= 0.6 is 0 Å². The van der Waals surface area contributed by atoms with Crippen LogP contribution < -0.4 is 5.73 Å². The number of rotatable bonds is 1. The highest BCUT2D eigenvalue weighted by molar-refractivity contribution is 5.94. The van der Waals surface area contributed by atoms with Gasteiger partial charge in [0.25, 0.3) is 0 Å². The predicted octanol–water partition coefficient (Wildman–Crippen LogP) is 2.29. The van der Waals surface area contributed by atoms with Crippen molar-refractivity contribution in [2.24, 2.45) is 7.05 Å². The fraction of sp³-hybridized carbons (Fsp3) is 0.0833. The van der Waals surface area contributed by atoms with E-state index in [-0.39, 0.29) is 5.82 Å². The van der Waals surface area contributed by atoms with Gasteiger partial charge in [0.1, 0.15) is 5.82 Å². The van der Waals surface area contributed by atoms with Gasteiger partial charge in [-0.2, -0.15) is 5.10 Å². The van der Waals surface area contributed by atoms with Crippen LogP contribution in [0.25, 0.3) is 22.0 Å². The van der Waals surface area contributed by atoms with E-state index < -0.39 is 0 Å². The molecule has 0 aliphatic carbocycles. The molecule has 0 fully saturated rings. The first-order valence-electron chi connectivity index (χ1n) is 5.20. The third-order valence-electron chi connectivity index (χ3n) is 2.82. The summed E-state index contributed by atoms with van der Waals surface area (Å²) >= 11 is 0. The minimum atomic E-state index is -0.285. The monoisotopic (exact) mass is 230 g/mol. The summed E-state index contributed by atoms with van der Waals surface area (Å²) in [6.45, 7) is 0. The minimum absolute atomic E-state index is 0.285. The maximum Gasteiger partial charge on any atom is 0.133 e. The van der Waals surface area contributed by atoms with Gasteiger partial charge in [-0.15, -0.1) is 0 Å². The van der Waals surface area contributed by atoms with E-state index in [1.165, 1.54) is 6.07 Å². The van der Waals surface area contributed by atoms with Crippen LogP contribution in [-0.2, 0) is 7.05 Å². The number of aromatic amines is 1. The van der Waals surface area contributed by atoms with Crippen LogP contribution in [0.5, 0.6) is 0 Å². The van der Waals surface area contributed by atoms with Gasteiger partial charge < -0.3 is 10.7 Å². The summed E-state index contributed by atoms with van der Waals surface area (Å²) in [5, 5.41) is 4.86. The van der Waals surface area contributed by atoms with Crippen molar-refractivity contribution in [3.8, 4) is 11.1 Å². The van der Waals surface area contributed by atoms with Crippen molar-refractivity contribution in [2.45, 2.75) is 0 Å². The Balaban J connectivity index is 2.28. The number of benzene rings is 1. The molecule has 2 aromatic heterocycles. The lowest BCUT2D eigenvalue weighted by atomic mass is 10.1. The lowest BCUT2D eigenvalue weighted by Crippen LogP contribution is -1.86. The Kier molecular flexibility index (Phi) is 1.95. The van der Waals surface area contributed by atoms with Crippen molar-refractivity contribution in [3.05, 3.63) is 36.5 Å². The van der Waals surface area contributed by atoms with Crippen LogP contribution in [0.2, 0.25) is 0 Å². The number of halogens is 1. The first-order valence-corrected chi connectivity index (χ1v) is 5.20. The number of aromatic nitrogens is 3. The molecule has 3 rings (SSSR count). The van der Waals surface area contributed by atoms with Crippen LogP contribution in [-0.4, -0.2) is 14.8 Å². The van der Waals surface area contributed by atoms with Crippen LogP contribution in [0, 0.1) is 5.82 Å². The van der Waals surface area contributed by atoms with E-state index in [0.29, 0.717) is 16.8 Å². The number of hydrogen-bond acceptors (Lipinski definition) is 2. The number of anilines is 1. The number of nitrogens with two attached hydrogens (primary N) is 1. The molecule has 0 bridgehead atoms. The molecule has 86 valence electrons. The summed E-state index contributed by atoms with van der Waals surface area (Å²) in [5.74, 6) is -0.285. The smallest absolute Gasteiger partial charge is 0.133 e. The maximum absolute atomic E-state index is 13.9. The van der Waals surface area contributed by atoms with Gasteiger partial charge in [-0.25, -0.2) is 4.39 Å². The molecule has 0 radical (unpaired) electrons. The number of H-pyrrole nitrogens is 1. The summed E-state index contributed by atoms with van der Waals surface area (Å²) in [5.41, 5.74) is 8.38. The Bertz CT molecular complexity index is 696. The molecule has 5 heteroatoms. The molecule has 3 aromatic rings. The molecule has 1 aromatic carbocycles. The first kappa shape index (κ1) is 9.89. The lowest BCUT2D eigenvalue weighted by molar-refractivity contribution is 0.633. The highest BCUT2D eigenvalue weighted by atomic mass is 19.1. The average molecular weight is 230 g/mol. The normalized spacial score (nSPS) is 11.2. The van der Waals surface area contributed by atoms with Crippen molar-refractivity contribution in [1.29, 1.82) is 0 Å². The number of nitrogens with zero attached hydrogens (tertiary/aromatic N) is 2. The molecular weight excluding hydrogens is 219 g/mol. The zero-order chi connectivity index (χ0) is 12.0. The van der Waals surface area contributed by atoms with Gasteiger partial charge in [-0.3, -0.25) is 4.68 Å². The Morgan fingerprint density at radius 3 is 2.94 bits per heavy atom. The molecule has 0 unspecified atom stereocenters. The zero-order valence-corrected chi connectivity index (χ0v) is 9.24. The lowest BCUT2D eigenvalue weighted by Gasteiger charge is -2.01. The number of aryl methyl sites for hydroxylation is 1. The molecule has 2 heterocycles. The fourth-order valence-electron chi connectivity index (χ4n) is 1.95. The molecule has 0 aliphatic heterocycles. The molecular formula is C12H11FN4.